The Bertz CT molecular complexity index is 1100. The summed E-state index contributed by atoms with van der Waals surface area (Å²) >= 11 is 0. The highest BCUT2D eigenvalue weighted by atomic mass is 19.4. The van der Waals surface area contributed by atoms with Gasteiger partial charge in [0, 0.05) is 23.6 Å². The predicted octanol–water partition coefficient (Wildman–Crippen LogP) is 3.78. The summed E-state index contributed by atoms with van der Waals surface area (Å²) in [4.78, 5) is 27.3. The molecule has 2 aromatic rings. The molecule has 4 rings (SSSR count). The lowest BCUT2D eigenvalue weighted by molar-refractivity contribution is -0.142. The molecular weight excluding hydrogens is 465 g/mol. The van der Waals surface area contributed by atoms with Crippen LogP contribution in [0.3, 0.4) is 0 Å². The number of amides is 2. The number of hydrogen-bond acceptors (Lipinski definition) is 5. The predicted molar refractivity (Wildman–Crippen MR) is 106 cm³/mol. The number of nitrogens with one attached hydrogen (secondary N) is 1. The number of carbonyl (C=O) groups excluding carboxylic acids is 2. The Hall–Kier alpha value is -3.02. The van der Waals surface area contributed by atoms with Gasteiger partial charge >= 0.3 is 6.18 Å². The number of aromatic nitrogens is 1. The van der Waals surface area contributed by atoms with Crippen LogP contribution < -0.4 is 5.32 Å². The van der Waals surface area contributed by atoms with Crippen molar-refractivity contribution in [1.82, 2.24) is 15.4 Å². The number of ether oxygens (including phenoxy) is 1. The van der Waals surface area contributed by atoms with Crippen LogP contribution in [-0.4, -0.2) is 47.2 Å². The second-order valence-corrected chi connectivity index (χ2v) is 8.64. The van der Waals surface area contributed by atoms with Crippen LogP contribution in [0.5, 0.6) is 0 Å². The third-order valence-corrected chi connectivity index (χ3v) is 6.26. The largest absolute Gasteiger partial charge is 0.436 e. The fourth-order valence-corrected chi connectivity index (χ4v) is 4.27. The molecule has 1 aromatic carbocycles. The monoisotopic (exact) mass is 487 g/mol. The van der Waals surface area contributed by atoms with E-state index in [4.69, 9.17) is 4.74 Å². The van der Waals surface area contributed by atoms with E-state index in [1.807, 2.05) is 0 Å². The van der Waals surface area contributed by atoms with Crippen molar-refractivity contribution in [3.8, 4) is 0 Å². The molecule has 2 amide bonds. The molecule has 3 heterocycles. The number of hydrogen-bond donors (Lipinski definition) is 1. The number of likely N-dealkylation sites (tertiary alicyclic amines) is 1. The van der Waals surface area contributed by atoms with Crippen molar-refractivity contribution in [3.05, 3.63) is 52.4 Å². The second-order valence-electron chi connectivity index (χ2n) is 8.64. The Morgan fingerprint density at radius 1 is 1.15 bits per heavy atom. The van der Waals surface area contributed by atoms with E-state index in [-0.39, 0.29) is 36.7 Å². The Kier molecular flexibility index (Phi) is 6.36. The molecule has 2 saturated heterocycles. The molecule has 0 spiro atoms. The van der Waals surface area contributed by atoms with Gasteiger partial charge in [-0.25, -0.2) is 8.78 Å². The van der Waals surface area contributed by atoms with Crippen LogP contribution in [0, 0.1) is 24.5 Å². The summed E-state index contributed by atoms with van der Waals surface area (Å²) < 4.78 is 77.2. The number of halogens is 5. The van der Waals surface area contributed by atoms with E-state index in [0.717, 1.165) is 17.0 Å². The first-order valence-corrected chi connectivity index (χ1v) is 10.7. The lowest BCUT2D eigenvalue weighted by Crippen LogP contribution is -2.51. The smallest absolute Gasteiger partial charge is 0.381 e. The molecule has 184 valence electrons. The average Bonchev–Trinajstić information content (AvgIpc) is 3.35. The third-order valence-electron chi connectivity index (χ3n) is 6.26. The van der Waals surface area contributed by atoms with Crippen molar-refractivity contribution in [3.63, 3.8) is 0 Å². The Morgan fingerprint density at radius 2 is 1.85 bits per heavy atom. The summed E-state index contributed by atoms with van der Waals surface area (Å²) in [5, 5.41) is 5.60. The van der Waals surface area contributed by atoms with Crippen LogP contribution >= 0.6 is 0 Å². The molecule has 0 radical (unpaired) electrons. The van der Waals surface area contributed by atoms with Crippen LogP contribution in [0.1, 0.15) is 53.2 Å². The van der Waals surface area contributed by atoms with E-state index < -0.39 is 59.2 Å². The van der Waals surface area contributed by atoms with Crippen molar-refractivity contribution in [1.29, 1.82) is 0 Å². The number of alkyl halides is 3. The van der Waals surface area contributed by atoms with Gasteiger partial charge in [-0.05, 0) is 44.4 Å². The van der Waals surface area contributed by atoms with Crippen LogP contribution in [0.2, 0.25) is 0 Å². The summed E-state index contributed by atoms with van der Waals surface area (Å²) in [6.45, 7) is 3.52. The minimum Gasteiger partial charge on any atom is -0.381 e. The summed E-state index contributed by atoms with van der Waals surface area (Å²) in [5.74, 6) is -3.82. The quantitative estimate of drug-likeness (QED) is 0.649. The molecule has 2 fully saturated rings. The molecule has 12 heteroatoms. The number of carbonyl (C=O) groups is 2. The highest BCUT2D eigenvalue weighted by Gasteiger charge is 2.44. The molecule has 0 unspecified atom stereocenters. The van der Waals surface area contributed by atoms with Crippen LogP contribution in [0.25, 0.3) is 0 Å². The molecule has 0 saturated carbocycles. The number of nitrogens with zero attached hydrogens (tertiary/aromatic N) is 2. The first-order chi connectivity index (χ1) is 16.0. The summed E-state index contributed by atoms with van der Waals surface area (Å²) in [6, 6.07) is 0.138. The van der Waals surface area contributed by atoms with Gasteiger partial charge in [-0.15, -0.1) is 0 Å². The molecule has 3 atom stereocenters. The minimum absolute atomic E-state index is 0.0428. The van der Waals surface area contributed by atoms with Crippen LogP contribution in [0.15, 0.2) is 22.7 Å². The van der Waals surface area contributed by atoms with Crippen molar-refractivity contribution in [2.75, 3.05) is 13.2 Å². The Morgan fingerprint density at radius 3 is 2.44 bits per heavy atom. The maximum absolute atomic E-state index is 14.7. The zero-order valence-corrected chi connectivity index (χ0v) is 18.3. The van der Waals surface area contributed by atoms with Gasteiger partial charge in [0.1, 0.15) is 17.7 Å². The maximum atomic E-state index is 14.7. The van der Waals surface area contributed by atoms with Gasteiger partial charge in [-0.2, -0.15) is 13.2 Å². The zero-order chi connectivity index (χ0) is 24.8. The van der Waals surface area contributed by atoms with Crippen molar-refractivity contribution < 1.29 is 40.8 Å². The maximum Gasteiger partial charge on any atom is 0.436 e. The molecule has 34 heavy (non-hydrogen) atoms. The lowest BCUT2D eigenvalue weighted by atomic mass is 9.90. The van der Waals surface area contributed by atoms with Gasteiger partial charge in [-0.1, -0.05) is 5.16 Å². The molecule has 0 bridgehead atoms. The van der Waals surface area contributed by atoms with Gasteiger partial charge in [0.05, 0.1) is 19.3 Å². The van der Waals surface area contributed by atoms with E-state index in [2.05, 4.69) is 15.0 Å². The van der Waals surface area contributed by atoms with Crippen molar-refractivity contribution >= 4 is 11.8 Å². The van der Waals surface area contributed by atoms with Gasteiger partial charge in [-0.3, -0.25) is 9.59 Å². The second kappa shape index (κ2) is 8.97. The highest BCUT2D eigenvalue weighted by Crippen LogP contribution is 2.34. The average molecular weight is 487 g/mol. The summed E-state index contributed by atoms with van der Waals surface area (Å²) in [7, 11) is 0. The summed E-state index contributed by atoms with van der Waals surface area (Å²) in [5.41, 5.74) is -1.28. The van der Waals surface area contributed by atoms with E-state index in [9.17, 15) is 31.5 Å². The number of rotatable bonds is 5. The fourth-order valence-electron chi connectivity index (χ4n) is 4.27. The van der Waals surface area contributed by atoms with E-state index in [0.29, 0.717) is 12.5 Å². The Balaban J connectivity index is 1.57. The van der Waals surface area contributed by atoms with E-state index >= 15 is 0 Å². The molecule has 7 nitrogen and oxygen atoms in total. The third kappa shape index (κ3) is 4.50. The Labute approximate surface area is 191 Å². The van der Waals surface area contributed by atoms with E-state index in [1.165, 1.54) is 6.92 Å². The van der Waals surface area contributed by atoms with Crippen LogP contribution in [0.4, 0.5) is 22.0 Å². The minimum atomic E-state index is -4.79. The molecular formula is C22H22F5N3O4. The lowest BCUT2D eigenvalue weighted by Gasteiger charge is -2.36. The number of benzene rings is 1. The topological polar surface area (TPSA) is 84.7 Å². The molecule has 1 aromatic heterocycles. The molecule has 1 N–H and O–H groups in total. The SMILES string of the molecule is Cc1cc(F)c([C@H](NC(=O)[C@H]2CC[C@@H](C)N2C(=O)c2cc(C(F)(F)F)no2)C2COC2)cc1F. The normalized spacial score (nSPS) is 21.9. The molecule has 2 aliphatic rings. The van der Waals surface area contributed by atoms with Gasteiger partial charge in [0.2, 0.25) is 11.7 Å². The zero-order valence-electron chi connectivity index (χ0n) is 18.3. The molecule has 2 aliphatic heterocycles. The van der Waals surface area contributed by atoms with Crippen molar-refractivity contribution in [2.45, 2.75) is 51.0 Å². The van der Waals surface area contributed by atoms with E-state index in [1.54, 1.807) is 6.92 Å². The highest BCUT2D eigenvalue weighted by molar-refractivity contribution is 5.96. The van der Waals surface area contributed by atoms with Gasteiger partial charge in [0.25, 0.3) is 5.91 Å². The molecule has 0 aliphatic carbocycles. The number of aryl methyl sites for hydroxylation is 1. The van der Waals surface area contributed by atoms with Gasteiger partial charge < -0.3 is 19.5 Å². The first kappa shape index (κ1) is 24.1. The summed E-state index contributed by atoms with van der Waals surface area (Å²) in [6.07, 6.45) is -4.15. The van der Waals surface area contributed by atoms with Crippen LogP contribution in [-0.2, 0) is 15.7 Å². The van der Waals surface area contributed by atoms with Crippen molar-refractivity contribution in [2.24, 2.45) is 5.92 Å². The standard InChI is InChI=1S/C22H22F5N3O4/c1-10-5-15(24)13(6-14(10)23)19(12-8-33-9-12)28-20(31)16-4-3-11(2)30(16)21(32)17-7-18(29-34-17)22(25,26)27/h5-7,11-12,16,19H,3-4,8-9H2,1-2H3,(H,28,31)/t11-,16-,19-/m1/s1. The fraction of sp³-hybridized carbons (Fsp3) is 0.500. The van der Waals surface area contributed by atoms with Gasteiger partial charge in [0.15, 0.2) is 5.69 Å². The first-order valence-electron chi connectivity index (χ1n) is 10.7.